The van der Waals surface area contributed by atoms with Crippen LogP contribution in [0.15, 0.2) is 41.3 Å². The van der Waals surface area contributed by atoms with Gasteiger partial charge in [-0.2, -0.15) is 4.31 Å². The van der Waals surface area contributed by atoms with Crippen molar-refractivity contribution >= 4 is 21.6 Å². The number of piperidine rings is 1. The molecule has 0 bridgehead atoms. The SMILES string of the molecule is CC(C)Oc1ccc(S(=O)(=O)N2CCCCC2)cc1NC(=O)c1cc(F)ccc1F. The highest BCUT2D eigenvalue weighted by Crippen LogP contribution is 2.31. The lowest BCUT2D eigenvalue weighted by atomic mass is 10.2. The summed E-state index contributed by atoms with van der Waals surface area (Å²) in [7, 11) is -3.75. The average Bonchev–Trinajstić information content (AvgIpc) is 2.71. The summed E-state index contributed by atoms with van der Waals surface area (Å²) in [5.74, 6) is -2.33. The minimum Gasteiger partial charge on any atom is -0.489 e. The highest BCUT2D eigenvalue weighted by atomic mass is 32.2. The number of carbonyl (C=O) groups excluding carboxylic acids is 1. The average molecular weight is 438 g/mol. The Hall–Kier alpha value is -2.52. The molecule has 2 aromatic carbocycles. The molecule has 0 atom stereocenters. The van der Waals surface area contributed by atoms with Crippen molar-refractivity contribution in [2.45, 2.75) is 44.1 Å². The Morgan fingerprint density at radius 1 is 1.07 bits per heavy atom. The summed E-state index contributed by atoms with van der Waals surface area (Å²) in [4.78, 5) is 12.6. The van der Waals surface area contributed by atoms with E-state index in [1.165, 1.54) is 22.5 Å². The van der Waals surface area contributed by atoms with Gasteiger partial charge in [-0.3, -0.25) is 4.79 Å². The molecule has 1 heterocycles. The molecule has 0 aromatic heterocycles. The quantitative estimate of drug-likeness (QED) is 0.734. The zero-order valence-electron chi connectivity index (χ0n) is 16.8. The van der Waals surface area contributed by atoms with E-state index in [9.17, 15) is 22.0 Å². The van der Waals surface area contributed by atoms with Gasteiger partial charge in [0.2, 0.25) is 10.0 Å². The monoisotopic (exact) mass is 438 g/mol. The topological polar surface area (TPSA) is 75.7 Å². The Labute approximate surface area is 174 Å². The lowest BCUT2D eigenvalue weighted by Gasteiger charge is -2.26. The Balaban J connectivity index is 1.97. The Morgan fingerprint density at radius 2 is 1.77 bits per heavy atom. The van der Waals surface area contributed by atoms with E-state index in [1.807, 2.05) is 0 Å². The molecule has 9 heteroatoms. The van der Waals surface area contributed by atoms with Gasteiger partial charge in [0.25, 0.3) is 5.91 Å². The van der Waals surface area contributed by atoms with E-state index in [0.29, 0.717) is 13.1 Å². The zero-order valence-corrected chi connectivity index (χ0v) is 17.6. The predicted octanol–water partition coefficient (Wildman–Crippen LogP) is 4.18. The van der Waals surface area contributed by atoms with Crippen LogP contribution in [0.4, 0.5) is 14.5 Å². The molecule has 1 saturated heterocycles. The van der Waals surface area contributed by atoms with Gasteiger partial charge in [0.1, 0.15) is 17.4 Å². The molecule has 3 rings (SSSR count). The van der Waals surface area contributed by atoms with E-state index in [2.05, 4.69) is 5.32 Å². The molecular formula is C21H24F2N2O4S. The number of nitrogens with zero attached hydrogens (tertiary/aromatic N) is 1. The fraction of sp³-hybridized carbons (Fsp3) is 0.381. The van der Waals surface area contributed by atoms with Crippen LogP contribution in [0.1, 0.15) is 43.5 Å². The molecule has 162 valence electrons. The molecule has 0 saturated carbocycles. The van der Waals surface area contributed by atoms with Crippen LogP contribution < -0.4 is 10.1 Å². The van der Waals surface area contributed by atoms with E-state index < -0.39 is 33.1 Å². The number of nitrogens with one attached hydrogen (secondary N) is 1. The Bertz CT molecular complexity index is 1040. The minimum absolute atomic E-state index is 0.00415. The Kier molecular flexibility index (Phi) is 6.72. The molecule has 1 N–H and O–H groups in total. The molecule has 2 aromatic rings. The molecule has 0 radical (unpaired) electrons. The van der Waals surface area contributed by atoms with Gasteiger partial charge in [-0.25, -0.2) is 17.2 Å². The first-order chi connectivity index (χ1) is 14.2. The second kappa shape index (κ2) is 9.09. The van der Waals surface area contributed by atoms with Gasteiger partial charge in [-0.15, -0.1) is 0 Å². The van der Waals surface area contributed by atoms with Gasteiger partial charge in [-0.05, 0) is 63.1 Å². The second-order valence-electron chi connectivity index (χ2n) is 7.37. The van der Waals surface area contributed by atoms with Gasteiger partial charge >= 0.3 is 0 Å². The minimum atomic E-state index is -3.75. The fourth-order valence-corrected chi connectivity index (χ4v) is 4.78. The van der Waals surface area contributed by atoms with Crippen LogP contribution in [-0.4, -0.2) is 37.8 Å². The van der Waals surface area contributed by atoms with Crippen molar-refractivity contribution in [3.63, 3.8) is 0 Å². The fourth-order valence-electron chi connectivity index (χ4n) is 3.24. The highest BCUT2D eigenvalue weighted by Gasteiger charge is 2.27. The standard InChI is InChI=1S/C21H24F2N2O4S/c1-14(2)29-20-9-7-16(30(27,28)25-10-4-3-5-11-25)13-19(20)24-21(26)17-12-15(22)6-8-18(17)23/h6-9,12-14H,3-5,10-11H2,1-2H3,(H,24,26). The number of benzene rings is 2. The van der Waals surface area contributed by atoms with Crippen molar-refractivity contribution in [1.82, 2.24) is 4.31 Å². The number of halogens is 2. The number of rotatable bonds is 6. The van der Waals surface area contributed by atoms with E-state index in [0.717, 1.165) is 37.5 Å². The maximum Gasteiger partial charge on any atom is 0.258 e. The highest BCUT2D eigenvalue weighted by molar-refractivity contribution is 7.89. The molecule has 1 amide bonds. The van der Waals surface area contributed by atoms with Gasteiger partial charge in [0.15, 0.2) is 0 Å². The van der Waals surface area contributed by atoms with Crippen molar-refractivity contribution in [1.29, 1.82) is 0 Å². The molecular weight excluding hydrogens is 414 g/mol. The van der Waals surface area contributed by atoms with Crippen LogP contribution >= 0.6 is 0 Å². The maximum atomic E-state index is 14.0. The molecule has 0 aliphatic carbocycles. The number of hydrogen-bond acceptors (Lipinski definition) is 4. The molecule has 6 nitrogen and oxygen atoms in total. The maximum absolute atomic E-state index is 14.0. The van der Waals surface area contributed by atoms with Gasteiger partial charge < -0.3 is 10.1 Å². The first-order valence-electron chi connectivity index (χ1n) is 9.76. The number of amides is 1. The van der Waals surface area contributed by atoms with E-state index >= 15 is 0 Å². The van der Waals surface area contributed by atoms with Gasteiger partial charge in [-0.1, -0.05) is 6.42 Å². The number of hydrogen-bond donors (Lipinski definition) is 1. The van der Waals surface area contributed by atoms with Crippen LogP contribution in [0, 0.1) is 11.6 Å². The number of carbonyl (C=O) groups is 1. The predicted molar refractivity (Wildman–Crippen MR) is 109 cm³/mol. The first kappa shape index (κ1) is 22.2. The molecule has 1 aliphatic rings. The van der Waals surface area contributed by atoms with Gasteiger partial charge in [0, 0.05) is 13.1 Å². The molecule has 0 unspecified atom stereocenters. The van der Waals surface area contributed by atoms with E-state index in [4.69, 9.17) is 4.74 Å². The summed E-state index contributed by atoms with van der Waals surface area (Å²) >= 11 is 0. The third-order valence-electron chi connectivity index (χ3n) is 4.69. The largest absolute Gasteiger partial charge is 0.489 e. The lowest BCUT2D eigenvalue weighted by molar-refractivity contribution is 0.102. The summed E-state index contributed by atoms with van der Waals surface area (Å²) in [6.07, 6.45) is 2.30. The summed E-state index contributed by atoms with van der Waals surface area (Å²) in [6.45, 7) is 4.41. The summed E-state index contributed by atoms with van der Waals surface area (Å²) in [6, 6.07) is 6.70. The van der Waals surface area contributed by atoms with Crippen LogP contribution in [0.25, 0.3) is 0 Å². The Morgan fingerprint density at radius 3 is 2.43 bits per heavy atom. The molecule has 30 heavy (non-hydrogen) atoms. The second-order valence-corrected chi connectivity index (χ2v) is 9.31. The van der Waals surface area contributed by atoms with E-state index in [-0.39, 0.29) is 22.4 Å². The van der Waals surface area contributed by atoms with Crippen molar-refractivity contribution in [3.05, 3.63) is 53.6 Å². The molecule has 0 spiro atoms. The third-order valence-corrected chi connectivity index (χ3v) is 6.58. The van der Waals surface area contributed by atoms with Crippen molar-refractivity contribution in [2.24, 2.45) is 0 Å². The van der Waals surface area contributed by atoms with Crippen LogP contribution in [0.3, 0.4) is 0 Å². The summed E-state index contributed by atoms with van der Waals surface area (Å²) in [5, 5.41) is 2.46. The van der Waals surface area contributed by atoms with Crippen molar-refractivity contribution in [3.8, 4) is 5.75 Å². The van der Waals surface area contributed by atoms with E-state index in [1.54, 1.807) is 13.8 Å². The third kappa shape index (κ3) is 4.96. The van der Waals surface area contributed by atoms with Crippen molar-refractivity contribution < 1.29 is 26.7 Å². The van der Waals surface area contributed by atoms with Gasteiger partial charge in [0.05, 0.1) is 22.3 Å². The molecule has 1 aliphatic heterocycles. The van der Waals surface area contributed by atoms with Crippen LogP contribution in [0.2, 0.25) is 0 Å². The number of ether oxygens (including phenoxy) is 1. The van der Waals surface area contributed by atoms with Crippen molar-refractivity contribution in [2.75, 3.05) is 18.4 Å². The van der Waals surface area contributed by atoms with Crippen LogP contribution in [-0.2, 0) is 10.0 Å². The first-order valence-corrected chi connectivity index (χ1v) is 11.2. The summed E-state index contributed by atoms with van der Waals surface area (Å²) in [5.41, 5.74) is -0.426. The number of sulfonamides is 1. The van der Waals surface area contributed by atoms with Crippen LogP contribution in [0.5, 0.6) is 5.75 Å². The normalized spacial score (nSPS) is 15.2. The summed E-state index contributed by atoms with van der Waals surface area (Å²) < 4.78 is 60.5. The number of anilines is 1. The molecule has 1 fully saturated rings. The smallest absolute Gasteiger partial charge is 0.258 e. The lowest BCUT2D eigenvalue weighted by Crippen LogP contribution is -2.35. The zero-order chi connectivity index (χ0) is 21.9.